The van der Waals surface area contributed by atoms with Gasteiger partial charge in [-0.05, 0) is 44.4 Å². The second-order valence-electron chi connectivity index (χ2n) is 4.84. The lowest BCUT2D eigenvalue weighted by Crippen LogP contribution is -2.46. The van der Waals surface area contributed by atoms with Crippen molar-refractivity contribution in [3.05, 3.63) is 23.9 Å². The van der Waals surface area contributed by atoms with Crippen LogP contribution in [0.25, 0.3) is 0 Å². The van der Waals surface area contributed by atoms with Crippen molar-refractivity contribution in [3.8, 4) is 0 Å². The monoisotopic (exact) mass is 233 g/mol. The molecule has 3 nitrogen and oxygen atoms in total. The summed E-state index contributed by atoms with van der Waals surface area (Å²) in [6, 6.07) is 4.92. The molecule has 2 heterocycles. The summed E-state index contributed by atoms with van der Waals surface area (Å²) in [6.07, 6.45) is 5.88. The highest BCUT2D eigenvalue weighted by molar-refractivity contribution is 5.41. The lowest BCUT2D eigenvalue weighted by atomic mass is 10.0. The smallest absolute Gasteiger partial charge is 0.128 e. The number of nitrogens with zero attached hydrogens (tertiary/aromatic N) is 2. The first kappa shape index (κ1) is 12.4. The molecule has 0 saturated carbocycles. The van der Waals surface area contributed by atoms with Gasteiger partial charge in [0.2, 0.25) is 0 Å². The lowest BCUT2D eigenvalue weighted by Gasteiger charge is -2.36. The molecular formula is C14H23N3. The molecule has 1 aliphatic heterocycles. The van der Waals surface area contributed by atoms with E-state index < -0.39 is 0 Å². The Labute approximate surface area is 104 Å². The minimum Gasteiger partial charge on any atom is -0.352 e. The van der Waals surface area contributed by atoms with Crippen LogP contribution in [0.5, 0.6) is 0 Å². The summed E-state index contributed by atoms with van der Waals surface area (Å²) in [7, 11) is 0. The molecule has 1 atom stereocenters. The summed E-state index contributed by atoms with van der Waals surface area (Å²) in [5, 5.41) is 3.46. The van der Waals surface area contributed by atoms with Crippen molar-refractivity contribution in [1.29, 1.82) is 0 Å². The van der Waals surface area contributed by atoms with Crippen molar-refractivity contribution in [2.75, 3.05) is 24.5 Å². The third-order valence-corrected chi connectivity index (χ3v) is 3.45. The molecule has 1 N–H and O–H groups in total. The first-order valence-corrected chi connectivity index (χ1v) is 6.71. The van der Waals surface area contributed by atoms with Gasteiger partial charge in [0.05, 0.1) is 0 Å². The Balaban J connectivity index is 2.07. The lowest BCUT2D eigenvalue weighted by molar-refractivity contribution is 0.436. The molecule has 1 fully saturated rings. The molecule has 0 bridgehead atoms. The average Bonchev–Trinajstić information content (AvgIpc) is 2.38. The van der Waals surface area contributed by atoms with Gasteiger partial charge in [-0.1, -0.05) is 13.0 Å². The van der Waals surface area contributed by atoms with Crippen LogP contribution in [0.15, 0.2) is 18.3 Å². The van der Waals surface area contributed by atoms with Crippen LogP contribution in [-0.4, -0.2) is 30.7 Å². The van der Waals surface area contributed by atoms with Crippen LogP contribution in [0.1, 0.15) is 31.7 Å². The molecule has 1 aliphatic rings. The molecule has 17 heavy (non-hydrogen) atoms. The zero-order chi connectivity index (χ0) is 12.1. The van der Waals surface area contributed by atoms with Gasteiger partial charge in [0.15, 0.2) is 0 Å². The first-order chi connectivity index (χ1) is 8.31. The van der Waals surface area contributed by atoms with E-state index in [-0.39, 0.29) is 0 Å². The second kappa shape index (κ2) is 6.01. The third-order valence-electron chi connectivity index (χ3n) is 3.45. The minimum atomic E-state index is 0.610. The topological polar surface area (TPSA) is 28.2 Å². The Morgan fingerprint density at radius 3 is 3.00 bits per heavy atom. The van der Waals surface area contributed by atoms with Crippen LogP contribution in [0, 0.1) is 6.92 Å². The fourth-order valence-corrected chi connectivity index (χ4v) is 2.46. The quantitative estimate of drug-likeness (QED) is 0.865. The molecule has 3 heteroatoms. The maximum Gasteiger partial charge on any atom is 0.128 e. The van der Waals surface area contributed by atoms with Crippen LogP contribution in [0.2, 0.25) is 0 Å². The highest BCUT2D eigenvalue weighted by atomic mass is 15.2. The fourth-order valence-electron chi connectivity index (χ4n) is 2.46. The van der Waals surface area contributed by atoms with Gasteiger partial charge in [0, 0.05) is 25.3 Å². The van der Waals surface area contributed by atoms with Gasteiger partial charge in [-0.25, -0.2) is 4.98 Å². The highest BCUT2D eigenvalue weighted by Gasteiger charge is 2.22. The number of rotatable bonds is 4. The van der Waals surface area contributed by atoms with Gasteiger partial charge in [-0.2, -0.15) is 0 Å². The molecule has 1 unspecified atom stereocenters. The molecule has 2 rings (SSSR count). The maximum atomic E-state index is 4.56. The van der Waals surface area contributed by atoms with Crippen molar-refractivity contribution >= 4 is 5.82 Å². The molecule has 0 radical (unpaired) electrons. The van der Waals surface area contributed by atoms with Gasteiger partial charge in [0.1, 0.15) is 5.82 Å². The minimum absolute atomic E-state index is 0.610. The Morgan fingerprint density at radius 1 is 1.41 bits per heavy atom. The van der Waals surface area contributed by atoms with Crippen molar-refractivity contribution in [3.63, 3.8) is 0 Å². The standard InChI is InChI=1S/C14H23N3/c1-3-15-11-13-6-4-5-9-17(13)14-8-7-12(2)10-16-14/h7-8,10,13,15H,3-6,9,11H2,1-2H3. The van der Waals surface area contributed by atoms with Crippen LogP contribution < -0.4 is 10.2 Å². The number of piperidine rings is 1. The third kappa shape index (κ3) is 3.19. The summed E-state index contributed by atoms with van der Waals surface area (Å²) < 4.78 is 0. The van der Waals surface area contributed by atoms with E-state index in [0.29, 0.717) is 6.04 Å². The Bertz CT molecular complexity index is 334. The van der Waals surface area contributed by atoms with Gasteiger partial charge in [-0.3, -0.25) is 0 Å². The van der Waals surface area contributed by atoms with Gasteiger partial charge >= 0.3 is 0 Å². The molecule has 1 saturated heterocycles. The zero-order valence-corrected chi connectivity index (χ0v) is 10.9. The number of hydrogen-bond donors (Lipinski definition) is 1. The van der Waals surface area contributed by atoms with E-state index in [2.05, 4.69) is 41.2 Å². The second-order valence-corrected chi connectivity index (χ2v) is 4.84. The molecule has 94 valence electrons. The van der Waals surface area contributed by atoms with E-state index in [0.717, 1.165) is 25.5 Å². The number of nitrogens with one attached hydrogen (secondary N) is 1. The van der Waals surface area contributed by atoms with Crippen molar-refractivity contribution in [2.24, 2.45) is 0 Å². The predicted molar refractivity (Wildman–Crippen MR) is 72.5 cm³/mol. The summed E-state index contributed by atoms with van der Waals surface area (Å²) in [6.45, 7) is 7.52. The van der Waals surface area contributed by atoms with Gasteiger partial charge in [-0.15, -0.1) is 0 Å². The predicted octanol–water partition coefficient (Wildman–Crippen LogP) is 2.36. The Hall–Kier alpha value is -1.09. The van der Waals surface area contributed by atoms with Crippen LogP contribution >= 0.6 is 0 Å². The van der Waals surface area contributed by atoms with Gasteiger partial charge in [0.25, 0.3) is 0 Å². The number of likely N-dealkylation sites (N-methyl/N-ethyl adjacent to an activating group) is 1. The average molecular weight is 233 g/mol. The highest BCUT2D eigenvalue weighted by Crippen LogP contribution is 2.22. The molecule has 0 spiro atoms. The van der Waals surface area contributed by atoms with Crippen LogP contribution in [0.3, 0.4) is 0 Å². The van der Waals surface area contributed by atoms with Crippen molar-refractivity contribution in [1.82, 2.24) is 10.3 Å². The van der Waals surface area contributed by atoms with E-state index in [9.17, 15) is 0 Å². The number of pyridine rings is 1. The van der Waals surface area contributed by atoms with E-state index in [1.54, 1.807) is 0 Å². The Morgan fingerprint density at radius 2 is 2.29 bits per heavy atom. The van der Waals surface area contributed by atoms with Crippen LogP contribution in [0.4, 0.5) is 5.82 Å². The molecule has 1 aromatic rings. The largest absolute Gasteiger partial charge is 0.352 e. The van der Waals surface area contributed by atoms with Crippen molar-refractivity contribution < 1.29 is 0 Å². The van der Waals surface area contributed by atoms with E-state index in [4.69, 9.17) is 0 Å². The number of anilines is 1. The summed E-state index contributed by atoms with van der Waals surface area (Å²) in [5.41, 5.74) is 1.23. The molecule has 1 aromatic heterocycles. The Kier molecular flexibility index (Phi) is 4.37. The van der Waals surface area contributed by atoms with Crippen LogP contribution in [-0.2, 0) is 0 Å². The number of aromatic nitrogens is 1. The van der Waals surface area contributed by atoms with E-state index in [1.165, 1.54) is 24.8 Å². The van der Waals surface area contributed by atoms with Gasteiger partial charge < -0.3 is 10.2 Å². The molecule has 0 aliphatic carbocycles. The summed E-state index contributed by atoms with van der Waals surface area (Å²) in [5.74, 6) is 1.14. The maximum absolute atomic E-state index is 4.56. The van der Waals surface area contributed by atoms with E-state index >= 15 is 0 Å². The normalized spacial score (nSPS) is 20.6. The SMILES string of the molecule is CCNCC1CCCCN1c1ccc(C)cn1. The fraction of sp³-hybridized carbons (Fsp3) is 0.643. The number of hydrogen-bond acceptors (Lipinski definition) is 3. The van der Waals surface area contributed by atoms with E-state index in [1.807, 2.05) is 6.20 Å². The molecule has 0 aromatic carbocycles. The summed E-state index contributed by atoms with van der Waals surface area (Å²) in [4.78, 5) is 7.02. The zero-order valence-electron chi connectivity index (χ0n) is 10.9. The summed E-state index contributed by atoms with van der Waals surface area (Å²) >= 11 is 0. The molecule has 0 amide bonds. The first-order valence-electron chi connectivity index (χ1n) is 6.71. The molecular weight excluding hydrogens is 210 g/mol. The number of aryl methyl sites for hydroxylation is 1. The van der Waals surface area contributed by atoms with Crippen molar-refractivity contribution in [2.45, 2.75) is 39.2 Å².